The molecule has 3 nitrogen and oxygen atoms in total. The molecular weight excluding hydrogens is 178 g/mol. The molecule has 0 amide bonds. The van der Waals surface area contributed by atoms with Crippen molar-refractivity contribution < 1.29 is 9.84 Å². The van der Waals surface area contributed by atoms with Gasteiger partial charge < -0.3 is 15.6 Å². The molecule has 1 aromatic rings. The second-order valence-corrected chi connectivity index (χ2v) is 3.41. The van der Waals surface area contributed by atoms with E-state index in [9.17, 15) is 0 Å². The van der Waals surface area contributed by atoms with Gasteiger partial charge >= 0.3 is 0 Å². The van der Waals surface area contributed by atoms with Gasteiger partial charge in [-0.25, -0.2) is 0 Å². The first kappa shape index (κ1) is 11.0. The lowest BCUT2D eigenvalue weighted by molar-refractivity contribution is 0.188. The number of ether oxygens (including phenoxy) is 1. The average Bonchev–Trinajstić information content (AvgIpc) is 2.18. The Labute approximate surface area is 84.5 Å². The van der Waals surface area contributed by atoms with Gasteiger partial charge in [0.25, 0.3) is 0 Å². The Morgan fingerprint density at radius 2 is 2.00 bits per heavy atom. The lowest BCUT2D eigenvalue weighted by Gasteiger charge is -2.10. The summed E-state index contributed by atoms with van der Waals surface area (Å²) in [6.45, 7) is 0.694. The van der Waals surface area contributed by atoms with Crippen LogP contribution in [0, 0.1) is 0 Å². The lowest BCUT2D eigenvalue weighted by Crippen LogP contribution is -2.24. The molecule has 3 N–H and O–H groups in total. The van der Waals surface area contributed by atoms with Crippen molar-refractivity contribution in [2.45, 2.75) is 18.9 Å². The second kappa shape index (κ2) is 5.62. The Balaban J connectivity index is 2.39. The molecule has 0 fully saturated rings. The van der Waals surface area contributed by atoms with E-state index in [-0.39, 0.29) is 6.04 Å². The highest BCUT2D eigenvalue weighted by molar-refractivity contribution is 5.26. The highest BCUT2D eigenvalue weighted by atomic mass is 16.5. The second-order valence-electron chi connectivity index (χ2n) is 3.41. The number of methoxy groups -OCH3 is 1. The Kier molecular flexibility index (Phi) is 4.43. The summed E-state index contributed by atoms with van der Waals surface area (Å²) < 4.78 is 4.95. The molecule has 0 aliphatic rings. The molecular formula is C11H17NO2. The van der Waals surface area contributed by atoms with Crippen LogP contribution >= 0.6 is 0 Å². The Hall–Kier alpha value is -1.06. The van der Waals surface area contributed by atoms with Crippen LogP contribution in [0.3, 0.4) is 0 Å². The molecule has 3 heteroatoms. The van der Waals surface area contributed by atoms with E-state index in [2.05, 4.69) is 0 Å². The predicted molar refractivity (Wildman–Crippen MR) is 56.3 cm³/mol. The van der Waals surface area contributed by atoms with Gasteiger partial charge in [0.15, 0.2) is 0 Å². The zero-order chi connectivity index (χ0) is 10.4. The van der Waals surface area contributed by atoms with Crippen LogP contribution in [-0.4, -0.2) is 24.9 Å². The number of hydrogen-bond acceptors (Lipinski definition) is 3. The fourth-order valence-corrected chi connectivity index (χ4v) is 1.31. The molecule has 78 valence electrons. The van der Waals surface area contributed by atoms with E-state index < -0.39 is 0 Å². The van der Waals surface area contributed by atoms with Crippen molar-refractivity contribution in [3.8, 4) is 5.75 Å². The molecule has 0 saturated heterocycles. The normalized spacial score (nSPS) is 12.7. The first-order valence-corrected chi connectivity index (χ1v) is 4.75. The van der Waals surface area contributed by atoms with Gasteiger partial charge in [0.1, 0.15) is 5.75 Å². The van der Waals surface area contributed by atoms with Crippen molar-refractivity contribution in [2.24, 2.45) is 5.73 Å². The number of nitrogens with two attached hydrogens (primary N) is 1. The number of phenols is 1. The maximum atomic E-state index is 9.08. The first-order chi connectivity index (χ1) is 6.72. The minimum Gasteiger partial charge on any atom is -0.508 e. The van der Waals surface area contributed by atoms with Crippen LogP contribution in [0.1, 0.15) is 12.0 Å². The molecule has 0 heterocycles. The molecule has 0 saturated carbocycles. The molecule has 14 heavy (non-hydrogen) atoms. The summed E-state index contributed by atoms with van der Waals surface area (Å²) in [6.07, 6.45) is 1.68. The summed E-state index contributed by atoms with van der Waals surface area (Å²) in [5.74, 6) is 0.291. The molecule has 1 rings (SSSR count). The largest absolute Gasteiger partial charge is 0.508 e. The zero-order valence-electron chi connectivity index (χ0n) is 8.44. The van der Waals surface area contributed by atoms with Crippen molar-refractivity contribution in [1.82, 2.24) is 0 Å². The molecule has 0 aliphatic heterocycles. The van der Waals surface area contributed by atoms with E-state index in [1.807, 2.05) is 12.1 Å². The van der Waals surface area contributed by atoms with Crippen molar-refractivity contribution >= 4 is 0 Å². The van der Waals surface area contributed by atoms with E-state index >= 15 is 0 Å². The van der Waals surface area contributed by atoms with Crippen molar-refractivity contribution in [1.29, 1.82) is 0 Å². The third-order valence-corrected chi connectivity index (χ3v) is 2.13. The molecule has 0 bridgehead atoms. The number of benzene rings is 1. The van der Waals surface area contributed by atoms with Gasteiger partial charge in [-0.1, -0.05) is 12.1 Å². The summed E-state index contributed by atoms with van der Waals surface area (Å²) in [7, 11) is 1.67. The van der Waals surface area contributed by atoms with Crippen molar-refractivity contribution in [3.63, 3.8) is 0 Å². The molecule has 1 aromatic carbocycles. The third-order valence-electron chi connectivity index (χ3n) is 2.13. The minimum atomic E-state index is 0.125. The summed E-state index contributed by atoms with van der Waals surface area (Å²) in [6, 6.07) is 7.26. The van der Waals surface area contributed by atoms with E-state index in [1.165, 1.54) is 0 Å². The van der Waals surface area contributed by atoms with Crippen LogP contribution in [0.15, 0.2) is 24.3 Å². The molecule has 1 unspecified atom stereocenters. The van der Waals surface area contributed by atoms with Crippen molar-refractivity contribution in [2.75, 3.05) is 13.7 Å². The number of phenolic OH excluding ortho intramolecular Hbond substituents is 1. The van der Waals surface area contributed by atoms with Gasteiger partial charge in [-0.15, -0.1) is 0 Å². The van der Waals surface area contributed by atoms with E-state index in [0.717, 1.165) is 18.4 Å². The summed E-state index contributed by atoms with van der Waals surface area (Å²) in [5.41, 5.74) is 7.03. The third kappa shape index (κ3) is 3.77. The van der Waals surface area contributed by atoms with Gasteiger partial charge in [0.05, 0.1) is 0 Å². The van der Waals surface area contributed by atoms with Crippen LogP contribution in [-0.2, 0) is 11.2 Å². The zero-order valence-corrected chi connectivity index (χ0v) is 8.44. The summed E-state index contributed by atoms with van der Waals surface area (Å²) in [5, 5.41) is 9.08. The molecule has 0 radical (unpaired) electrons. The monoisotopic (exact) mass is 195 g/mol. The van der Waals surface area contributed by atoms with Crippen LogP contribution in [0.5, 0.6) is 5.75 Å². The fraction of sp³-hybridized carbons (Fsp3) is 0.455. The predicted octanol–water partition coefficient (Wildman–Crippen LogP) is 1.30. The van der Waals surface area contributed by atoms with E-state index in [0.29, 0.717) is 12.4 Å². The van der Waals surface area contributed by atoms with Gasteiger partial charge in [-0.2, -0.15) is 0 Å². The van der Waals surface area contributed by atoms with Crippen LogP contribution in [0.2, 0.25) is 0 Å². The highest BCUT2D eigenvalue weighted by Crippen LogP contribution is 2.11. The van der Waals surface area contributed by atoms with Gasteiger partial charge in [0, 0.05) is 19.8 Å². The Bertz CT molecular complexity index is 258. The smallest absolute Gasteiger partial charge is 0.115 e. The van der Waals surface area contributed by atoms with E-state index in [1.54, 1.807) is 19.2 Å². The molecule has 0 aliphatic carbocycles. The Morgan fingerprint density at radius 3 is 2.57 bits per heavy atom. The quantitative estimate of drug-likeness (QED) is 0.744. The lowest BCUT2D eigenvalue weighted by atomic mass is 10.0. The number of aromatic hydroxyl groups is 1. The number of rotatable bonds is 5. The maximum absolute atomic E-state index is 9.08. The molecule has 1 atom stereocenters. The number of hydrogen-bond donors (Lipinski definition) is 2. The van der Waals surface area contributed by atoms with Crippen molar-refractivity contribution in [3.05, 3.63) is 29.8 Å². The molecule has 0 aromatic heterocycles. The Morgan fingerprint density at radius 1 is 1.36 bits per heavy atom. The van der Waals surface area contributed by atoms with E-state index in [4.69, 9.17) is 15.6 Å². The SMILES string of the molecule is COCCC(N)Cc1ccc(O)cc1. The van der Waals surface area contributed by atoms with Gasteiger partial charge in [-0.3, -0.25) is 0 Å². The van der Waals surface area contributed by atoms with Crippen LogP contribution in [0.25, 0.3) is 0 Å². The van der Waals surface area contributed by atoms with Gasteiger partial charge in [-0.05, 0) is 30.5 Å². The fourth-order valence-electron chi connectivity index (χ4n) is 1.31. The maximum Gasteiger partial charge on any atom is 0.115 e. The van der Waals surface area contributed by atoms with Crippen LogP contribution < -0.4 is 5.73 Å². The summed E-state index contributed by atoms with van der Waals surface area (Å²) >= 11 is 0. The first-order valence-electron chi connectivity index (χ1n) is 4.75. The van der Waals surface area contributed by atoms with Gasteiger partial charge in [0.2, 0.25) is 0 Å². The average molecular weight is 195 g/mol. The molecule has 0 spiro atoms. The highest BCUT2D eigenvalue weighted by Gasteiger charge is 2.03. The van der Waals surface area contributed by atoms with Crippen LogP contribution in [0.4, 0.5) is 0 Å². The standard InChI is InChI=1S/C11H17NO2/c1-14-7-6-10(12)8-9-2-4-11(13)5-3-9/h2-5,10,13H,6-8,12H2,1H3. The summed E-state index contributed by atoms with van der Waals surface area (Å²) in [4.78, 5) is 0. The minimum absolute atomic E-state index is 0.125. The topological polar surface area (TPSA) is 55.5 Å².